The average molecular weight is 451 g/mol. The Kier molecular flexibility index (Phi) is 6.26. The van der Waals surface area contributed by atoms with Gasteiger partial charge in [-0.3, -0.25) is 14.3 Å². The molecular weight excluding hydrogens is 437 g/mol. The molecule has 0 aliphatic carbocycles. The summed E-state index contributed by atoms with van der Waals surface area (Å²) in [6.45, 7) is 0.273. The number of nitrogens with one attached hydrogen (secondary N) is 2. The molecule has 1 amide bonds. The number of anilines is 2. The van der Waals surface area contributed by atoms with Crippen LogP contribution in [-0.2, 0) is 14.8 Å². The summed E-state index contributed by atoms with van der Waals surface area (Å²) < 4.78 is 65.2. The zero-order valence-corrected chi connectivity index (χ0v) is 16.2. The largest absolute Gasteiger partial charge is 0.426 e. The molecule has 0 bridgehead atoms. The van der Waals surface area contributed by atoms with Crippen LogP contribution in [0.3, 0.4) is 0 Å². The molecule has 2 aromatic rings. The Morgan fingerprint density at radius 3 is 2.21 bits per heavy atom. The first-order valence-electron chi connectivity index (χ1n) is 7.76. The zero-order valence-electron chi connectivity index (χ0n) is 14.6. The number of aliphatic hydroxyl groups is 1. The van der Waals surface area contributed by atoms with Crippen molar-refractivity contribution in [3.63, 3.8) is 0 Å². The van der Waals surface area contributed by atoms with E-state index in [1.165, 1.54) is 24.3 Å². The predicted molar refractivity (Wildman–Crippen MR) is 99.4 cm³/mol. The van der Waals surface area contributed by atoms with Gasteiger partial charge in [0, 0.05) is 11.3 Å². The molecule has 2 aromatic carbocycles. The molecule has 0 fully saturated rings. The van der Waals surface area contributed by atoms with Gasteiger partial charge in [0.15, 0.2) is 0 Å². The maximum atomic E-state index is 12.7. The van der Waals surface area contributed by atoms with Gasteiger partial charge in [0.05, 0.1) is 15.6 Å². The number of benzene rings is 2. The molecule has 0 aromatic heterocycles. The first kappa shape index (κ1) is 22.7. The van der Waals surface area contributed by atoms with E-state index in [0.29, 0.717) is 11.8 Å². The number of halogens is 4. The van der Waals surface area contributed by atoms with E-state index in [2.05, 4.69) is 4.72 Å². The molecule has 0 heterocycles. The van der Waals surface area contributed by atoms with Crippen LogP contribution in [0.2, 0.25) is 5.02 Å². The van der Waals surface area contributed by atoms with E-state index in [1.807, 2.05) is 5.32 Å². The fourth-order valence-electron chi connectivity index (χ4n) is 1.98. The molecule has 29 heavy (non-hydrogen) atoms. The molecule has 0 radical (unpaired) electrons. The van der Waals surface area contributed by atoms with E-state index in [-0.39, 0.29) is 28.2 Å². The van der Waals surface area contributed by atoms with Crippen molar-refractivity contribution in [2.45, 2.75) is 23.6 Å². The number of hydrogen-bond donors (Lipinski definition) is 3. The second kappa shape index (κ2) is 8.01. The number of aldehydes is 1. The summed E-state index contributed by atoms with van der Waals surface area (Å²) in [5.74, 6) is -1.78. The van der Waals surface area contributed by atoms with Gasteiger partial charge in [-0.2, -0.15) is 13.2 Å². The Morgan fingerprint density at radius 1 is 1.14 bits per heavy atom. The fourth-order valence-corrected chi connectivity index (χ4v) is 3.36. The van der Waals surface area contributed by atoms with Crippen LogP contribution >= 0.6 is 11.6 Å². The average Bonchev–Trinajstić information content (AvgIpc) is 2.62. The molecular formula is C17H14ClF3N2O5S. The number of amides is 1. The van der Waals surface area contributed by atoms with Crippen molar-refractivity contribution >= 4 is 45.2 Å². The Labute approximate surface area is 168 Å². The van der Waals surface area contributed by atoms with Crippen LogP contribution in [0, 0.1) is 0 Å². The topological polar surface area (TPSA) is 113 Å². The first-order chi connectivity index (χ1) is 13.3. The summed E-state index contributed by atoms with van der Waals surface area (Å²) in [6.07, 6.45) is -4.64. The second-order valence-corrected chi connectivity index (χ2v) is 8.10. The summed E-state index contributed by atoms with van der Waals surface area (Å²) in [6, 6.07) is 8.41. The Hall–Kier alpha value is -2.63. The fraction of sp³-hybridized carbons (Fsp3) is 0.176. The lowest BCUT2D eigenvalue weighted by Crippen LogP contribution is -2.52. The van der Waals surface area contributed by atoms with Crippen LogP contribution in [0.25, 0.3) is 0 Å². The minimum absolute atomic E-state index is 0.158. The van der Waals surface area contributed by atoms with Crippen LogP contribution in [0.5, 0.6) is 0 Å². The van der Waals surface area contributed by atoms with Crippen molar-refractivity contribution in [3.8, 4) is 0 Å². The minimum Gasteiger partial charge on any atom is -0.373 e. The molecule has 2 rings (SSSR count). The highest BCUT2D eigenvalue weighted by molar-refractivity contribution is 7.92. The molecule has 0 saturated carbocycles. The Morgan fingerprint density at radius 2 is 1.72 bits per heavy atom. The molecule has 1 atom stereocenters. The van der Waals surface area contributed by atoms with Crippen molar-refractivity contribution in [3.05, 3.63) is 53.1 Å². The number of sulfonamides is 1. The summed E-state index contributed by atoms with van der Waals surface area (Å²) in [7, 11) is -4.12. The highest BCUT2D eigenvalue weighted by Crippen LogP contribution is 2.33. The molecule has 3 N–H and O–H groups in total. The van der Waals surface area contributed by atoms with E-state index in [1.54, 1.807) is 0 Å². The van der Waals surface area contributed by atoms with Gasteiger partial charge in [0.2, 0.25) is 5.60 Å². The quantitative estimate of drug-likeness (QED) is 0.585. The van der Waals surface area contributed by atoms with E-state index in [0.717, 1.165) is 18.2 Å². The second-order valence-electron chi connectivity index (χ2n) is 6.01. The number of carbonyl (C=O) groups excluding carboxylic acids is 2. The van der Waals surface area contributed by atoms with Crippen LogP contribution < -0.4 is 10.0 Å². The van der Waals surface area contributed by atoms with Gasteiger partial charge < -0.3 is 10.4 Å². The van der Waals surface area contributed by atoms with Gasteiger partial charge in [0.1, 0.15) is 6.29 Å². The third-order valence-electron chi connectivity index (χ3n) is 3.79. The van der Waals surface area contributed by atoms with Crippen LogP contribution in [0.4, 0.5) is 24.5 Å². The molecule has 0 aliphatic heterocycles. The van der Waals surface area contributed by atoms with E-state index < -0.39 is 27.7 Å². The monoisotopic (exact) mass is 450 g/mol. The molecule has 156 valence electrons. The zero-order chi connectivity index (χ0) is 22.0. The third-order valence-corrected chi connectivity index (χ3v) is 5.48. The summed E-state index contributed by atoms with van der Waals surface area (Å²) in [5.41, 5.74) is -3.50. The molecule has 12 heteroatoms. The third kappa shape index (κ3) is 5.05. The standard InChI is InChI=1S/C17H14ClF3N2O5S/c1-16(26,17(19,20)21)15(25)22-14-7-6-12(8-13(14)18)29(27,28)23-11-4-2-10(9-24)3-5-11/h2-9,23,26H,1H3,(H,22,25)/t16-/m1/s1. The number of alkyl halides is 3. The summed E-state index contributed by atoms with van der Waals surface area (Å²) >= 11 is 5.88. The molecule has 0 aliphatic rings. The van der Waals surface area contributed by atoms with E-state index in [9.17, 15) is 36.3 Å². The van der Waals surface area contributed by atoms with Crippen LogP contribution in [0.1, 0.15) is 17.3 Å². The van der Waals surface area contributed by atoms with Crippen LogP contribution in [0.15, 0.2) is 47.4 Å². The van der Waals surface area contributed by atoms with Gasteiger partial charge in [-0.1, -0.05) is 11.6 Å². The van der Waals surface area contributed by atoms with E-state index >= 15 is 0 Å². The van der Waals surface area contributed by atoms with Crippen molar-refractivity contribution in [2.24, 2.45) is 0 Å². The number of hydrogen-bond acceptors (Lipinski definition) is 5. The molecule has 0 spiro atoms. The van der Waals surface area contributed by atoms with Gasteiger partial charge in [-0.05, 0) is 49.4 Å². The summed E-state index contributed by atoms with van der Waals surface area (Å²) in [4.78, 5) is 22.0. The first-order valence-corrected chi connectivity index (χ1v) is 9.62. The lowest BCUT2D eigenvalue weighted by atomic mass is 10.1. The minimum atomic E-state index is -5.23. The van der Waals surface area contributed by atoms with E-state index in [4.69, 9.17) is 11.6 Å². The lowest BCUT2D eigenvalue weighted by molar-refractivity contribution is -0.242. The lowest BCUT2D eigenvalue weighted by Gasteiger charge is -2.25. The van der Waals surface area contributed by atoms with Crippen molar-refractivity contribution in [1.29, 1.82) is 0 Å². The normalized spacial score (nSPS) is 14.0. The Balaban J connectivity index is 2.23. The molecule has 7 nitrogen and oxygen atoms in total. The SMILES string of the molecule is C[C@@](O)(C(=O)Nc1ccc(S(=O)(=O)Nc2ccc(C=O)cc2)cc1Cl)C(F)(F)F. The molecule has 0 unspecified atom stereocenters. The van der Waals surface area contributed by atoms with Gasteiger partial charge in [-0.25, -0.2) is 8.42 Å². The number of rotatable bonds is 6. The van der Waals surface area contributed by atoms with Gasteiger partial charge in [0.25, 0.3) is 15.9 Å². The molecule has 0 saturated heterocycles. The van der Waals surface area contributed by atoms with Gasteiger partial charge in [-0.15, -0.1) is 0 Å². The highest BCUT2D eigenvalue weighted by atomic mass is 35.5. The van der Waals surface area contributed by atoms with Crippen molar-refractivity contribution < 1.29 is 36.3 Å². The predicted octanol–water partition coefficient (Wildman–Crippen LogP) is 3.21. The maximum Gasteiger partial charge on any atom is 0.426 e. The number of carbonyl (C=O) groups is 2. The maximum absolute atomic E-state index is 12.7. The van der Waals surface area contributed by atoms with Crippen molar-refractivity contribution in [2.75, 3.05) is 10.0 Å². The van der Waals surface area contributed by atoms with Crippen LogP contribution in [-0.4, -0.2) is 37.5 Å². The van der Waals surface area contributed by atoms with Gasteiger partial charge >= 0.3 is 6.18 Å². The highest BCUT2D eigenvalue weighted by Gasteiger charge is 2.55. The van der Waals surface area contributed by atoms with Crippen molar-refractivity contribution in [1.82, 2.24) is 0 Å². The summed E-state index contributed by atoms with van der Waals surface area (Å²) in [5, 5.41) is 10.8. The smallest absolute Gasteiger partial charge is 0.373 e. The Bertz CT molecular complexity index is 1040.